The van der Waals surface area contributed by atoms with Gasteiger partial charge in [-0.2, -0.15) is 5.10 Å². The van der Waals surface area contributed by atoms with E-state index in [4.69, 9.17) is 9.73 Å². The molecule has 2 aromatic heterocycles. The summed E-state index contributed by atoms with van der Waals surface area (Å²) in [6, 6.07) is 18.1. The number of hydrogen-bond donors (Lipinski definition) is 0. The lowest BCUT2D eigenvalue weighted by Gasteiger charge is -2.01. The van der Waals surface area contributed by atoms with Gasteiger partial charge in [-0.3, -0.25) is 0 Å². The summed E-state index contributed by atoms with van der Waals surface area (Å²) >= 11 is 0. The molecule has 0 amide bonds. The minimum absolute atomic E-state index is 0.681. The van der Waals surface area contributed by atoms with E-state index in [1.807, 2.05) is 66.2 Å². The topological polar surface area (TPSA) is 56.7 Å². The van der Waals surface area contributed by atoms with E-state index in [0.717, 1.165) is 28.0 Å². The van der Waals surface area contributed by atoms with Gasteiger partial charge in [-0.1, -0.05) is 41.6 Å². The molecule has 2 aromatic carbocycles. The Labute approximate surface area is 120 Å². The van der Waals surface area contributed by atoms with Crippen LogP contribution in [0.25, 0.3) is 28.0 Å². The highest BCUT2D eigenvalue weighted by Gasteiger charge is 2.18. The minimum Gasteiger partial charge on any atom is -0.244 e. The third-order valence-electron chi connectivity index (χ3n) is 3.46. The third kappa shape index (κ3) is 1.82. The van der Waals surface area contributed by atoms with Crippen LogP contribution in [0.15, 0.2) is 59.2 Å². The van der Waals surface area contributed by atoms with Crippen molar-refractivity contribution in [3.8, 4) is 17.1 Å². The summed E-state index contributed by atoms with van der Waals surface area (Å²) in [4.78, 5) is 0. The van der Waals surface area contributed by atoms with Crippen molar-refractivity contribution >= 4 is 10.9 Å². The summed E-state index contributed by atoms with van der Waals surface area (Å²) in [7, 11) is 0. The molecule has 0 spiro atoms. The smallest absolute Gasteiger partial charge is 0.158 e. The van der Waals surface area contributed by atoms with Crippen LogP contribution >= 0.6 is 0 Å². The molecule has 0 saturated heterocycles. The number of rotatable bonds is 2. The summed E-state index contributed by atoms with van der Waals surface area (Å²) in [5, 5.41) is 13.6. The fraction of sp³-hybridized carbons (Fsp3) is 0.0625. The first-order valence-corrected chi connectivity index (χ1v) is 6.67. The number of fused-ring (bicyclic) bond motifs is 1. The molecule has 21 heavy (non-hydrogen) atoms. The molecule has 0 aliphatic rings. The predicted molar refractivity (Wildman–Crippen MR) is 79.1 cm³/mol. The van der Waals surface area contributed by atoms with E-state index < -0.39 is 0 Å². The summed E-state index contributed by atoms with van der Waals surface area (Å²) < 4.78 is 6.73. The van der Waals surface area contributed by atoms with Crippen molar-refractivity contribution in [1.82, 2.24) is 20.1 Å². The van der Waals surface area contributed by atoms with Gasteiger partial charge in [0.05, 0.1) is 11.2 Å². The Hall–Kier alpha value is -2.95. The van der Waals surface area contributed by atoms with Gasteiger partial charge in [-0.05, 0) is 30.3 Å². The first-order valence-electron chi connectivity index (χ1n) is 6.67. The van der Waals surface area contributed by atoms with Crippen LogP contribution in [0.2, 0.25) is 0 Å². The second-order valence-corrected chi connectivity index (χ2v) is 4.81. The standard InChI is InChI=1S/C16H12N4O/c1-11-15(19-21-18-11)16-13-9-5-6-10-14(13)20(17-16)12-7-3-2-4-8-12/h2-10H,1H3. The molecule has 0 saturated carbocycles. The lowest BCUT2D eigenvalue weighted by atomic mass is 10.1. The van der Waals surface area contributed by atoms with Crippen molar-refractivity contribution in [2.24, 2.45) is 0 Å². The Morgan fingerprint density at radius 1 is 0.857 bits per heavy atom. The molecule has 0 fully saturated rings. The first-order chi connectivity index (χ1) is 10.3. The van der Waals surface area contributed by atoms with Gasteiger partial charge >= 0.3 is 0 Å². The van der Waals surface area contributed by atoms with E-state index in [-0.39, 0.29) is 0 Å². The molecule has 0 aliphatic heterocycles. The molecule has 5 heteroatoms. The molecule has 0 aliphatic carbocycles. The molecule has 0 atom stereocenters. The summed E-state index contributed by atoms with van der Waals surface area (Å²) in [5.74, 6) is 0. The van der Waals surface area contributed by atoms with Crippen molar-refractivity contribution in [3.05, 3.63) is 60.3 Å². The third-order valence-corrected chi connectivity index (χ3v) is 3.46. The van der Waals surface area contributed by atoms with Crippen molar-refractivity contribution in [2.45, 2.75) is 6.92 Å². The highest BCUT2D eigenvalue weighted by Crippen LogP contribution is 2.29. The molecule has 4 aromatic rings. The molecule has 4 rings (SSSR count). The zero-order valence-electron chi connectivity index (χ0n) is 11.4. The van der Waals surface area contributed by atoms with Crippen molar-refractivity contribution in [1.29, 1.82) is 0 Å². The highest BCUT2D eigenvalue weighted by molar-refractivity contribution is 5.93. The lowest BCUT2D eigenvalue weighted by molar-refractivity contribution is 0.306. The molecule has 0 unspecified atom stereocenters. The van der Waals surface area contributed by atoms with E-state index in [2.05, 4.69) is 10.3 Å². The van der Waals surface area contributed by atoms with Gasteiger partial charge in [-0.15, -0.1) is 0 Å². The lowest BCUT2D eigenvalue weighted by Crippen LogP contribution is -1.96. The molecule has 0 bridgehead atoms. The predicted octanol–water partition coefficient (Wildman–Crippen LogP) is 3.38. The first kappa shape index (κ1) is 11.8. The monoisotopic (exact) mass is 276 g/mol. The molecule has 5 nitrogen and oxygen atoms in total. The van der Waals surface area contributed by atoms with Crippen LogP contribution in [-0.2, 0) is 0 Å². The van der Waals surface area contributed by atoms with E-state index in [9.17, 15) is 0 Å². The van der Waals surface area contributed by atoms with E-state index >= 15 is 0 Å². The average molecular weight is 276 g/mol. The Balaban J connectivity index is 2.04. The second-order valence-electron chi connectivity index (χ2n) is 4.81. The summed E-state index contributed by atoms with van der Waals surface area (Å²) in [5.41, 5.74) is 4.24. The normalized spacial score (nSPS) is 11.1. The zero-order chi connectivity index (χ0) is 14.2. The number of aryl methyl sites for hydroxylation is 1. The zero-order valence-corrected chi connectivity index (χ0v) is 11.4. The molecule has 0 radical (unpaired) electrons. The van der Waals surface area contributed by atoms with Crippen LogP contribution in [0.3, 0.4) is 0 Å². The van der Waals surface area contributed by atoms with Crippen LogP contribution in [-0.4, -0.2) is 20.1 Å². The molecule has 102 valence electrons. The number of nitrogens with zero attached hydrogens (tertiary/aromatic N) is 4. The number of para-hydroxylation sites is 2. The van der Waals surface area contributed by atoms with Crippen LogP contribution in [0.1, 0.15) is 5.69 Å². The molecule has 0 N–H and O–H groups in total. The maximum Gasteiger partial charge on any atom is 0.158 e. The molecular weight excluding hydrogens is 264 g/mol. The van der Waals surface area contributed by atoms with Gasteiger partial charge in [-0.25, -0.2) is 9.31 Å². The van der Waals surface area contributed by atoms with Crippen molar-refractivity contribution in [3.63, 3.8) is 0 Å². The van der Waals surface area contributed by atoms with Crippen molar-refractivity contribution in [2.75, 3.05) is 0 Å². The fourth-order valence-corrected chi connectivity index (χ4v) is 2.45. The number of benzene rings is 2. The Morgan fingerprint density at radius 3 is 2.38 bits per heavy atom. The Bertz CT molecular complexity index is 908. The fourth-order valence-electron chi connectivity index (χ4n) is 2.45. The highest BCUT2D eigenvalue weighted by atomic mass is 16.6. The largest absolute Gasteiger partial charge is 0.244 e. The second kappa shape index (κ2) is 4.56. The van der Waals surface area contributed by atoms with Gasteiger partial charge in [0.15, 0.2) is 5.69 Å². The van der Waals surface area contributed by atoms with Gasteiger partial charge in [0.25, 0.3) is 0 Å². The maximum atomic E-state index is 4.81. The van der Waals surface area contributed by atoms with Gasteiger partial charge < -0.3 is 0 Å². The van der Waals surface area contributed by atoms with Gasteiger partial charge in [0.1, 0.15) is 11.4 Å². The van der Waals surface area contributed by atoms with Crippen LogP contribution in [0.5, 0.6) is 0 Å². The summed E-state index contributed by atoms with van der Waals surface area (Å²) in [6.45, 7) is 1.86. The van der Waals surface area contributed by atoms with Gasteiger partial charge in [0, 0.05) is 5.39 Å². The Morgan fingerprint density at radius 2 is 1.62 bits per heavy atom. The number of aromatic nitrogens is 4. The molecule has 2 heterocycles. The minimum atomic E-state index is 0.681. The molecular formula is C16H12N4O. The van der Waals surface area contributed by atoms with Crippen LogP contribution in [0, 0.1) is 6.92 Å². The average Bonchev–Trinajstić information content (AvgIpc) is 3.11. The maximum absolute atomic E-state index is 4.81. The van der Waals surface area contributed by atoms with Crippen molar-refractivity contribution < 1.29 is 4.63 Å². The quantitative estimate of drug-likeness (QED) is 0.563. The van der Waals surface area contributed by atoms with Gasteiger partial charge in [0.2, 0.25) is 0 Å². The number of hydrogen-bond acceptors (Lipinski definition) is 4. The van der Waals surface area contributed by atoms with Crippen LogP contribution < -0.4 is 0 Å². The van der Waals surface area contributed by atoms with E-state index in [1.165, 1.54) is 0 Å². The van der Waals surface area contributed by atoms with E-state index in [0.29, 0.717) is 5.69 Å². The van der Waals surface area contributed by atoms with Crippen LogP contribution in [0.4, 0.5) is 0 Å². The SMILES string of the molecule is Cc1nonc1-c1nn(-c2ccccc2)c2ccccc12. The summed E-state index contributed by atoms with van der Waals surface area (Å²) in [6.07, 6.45) is 0. The Kier molecular flexibility index (Phi) is 2.57. The van der Waals surface area contributed by atoms with E-state index in [1.54, 1.807) is 0 Å².